The summed E-state index contributed by atoms with van der Waals surface area (Å²) < 4.78 is 0. The summed E-state index contributed by atoms with van der Waals surface area (Å²) in [5.74, 6) is 1.01. The Bertz CT molecular complexity index is 75.3. The van der Waals surface area contributed by atoms with E-state index in [1.54, 1.807) is 0 Å². The van der Waals surface area contributed by atoms with Gasteiger partial charge in [0.1, 0.15) is 0 Å². The number of nitrogens with zero attached hydrogens (tertiary/aromatic N) is 1. The average molecular weight is 138 g/mol. The first-order chi connectivity index (χ1) is 4.86. The van der Waals surface area contributed by atoms with E-state index in [9.17, 15) is 0 Å². The fourth-order valence-electron chi connectivity index (χ4n) is 1.62. The molecule has 1 saturated heterocycles. The van der Waals surface area contributed by atoms with E-state index >= 15 is 0 Å². The fraction of sp³-hybridized carbons (Fsp3) is 1.00. The summed E-state index contributed by atoms with van der Waals surface area (Å²) in [7, 11) is 2.21. The summed E-state index contributed by atoms with van der Waals surface area (Å²) in [5.41, 5.74) is 0. The Morgan fingerprint density at radius 2 is 2.00 bits per heavy atom. The van der Waals surface area contributed by atoms with E-state index in [0.717, 1.165) is 5.92 Å². The Morgan fingerprint density at radius 1 is 1.40 bits per heavy atom. The molecule has 0 spiro atoms. The van der Waals surface area contributed by atoms with E-state index in [1.807, 2.05) is 0 Å². The SMILES string of the molecule is C[B]N1CCC(CC)CC1. The van der Waals surface area contributed by atoms with Crippen LogP contribution in [0.15, 0.2) is 0 Å². The van der Waals surface area contributed by atoms with E-state index < -0.39 is 0 Å². The topological polar surface area (TPSA) is 3.24 Å². The van der Waals surface area contributed by atoms with Gasteiger partial charge in [-0.2, -0.15) is 0 Å². The highest BCUT2D eigenvalue weighted by atomic mass is 15.0. The molecule has 10 heavy (non-hydrogen) atoms. The molecule has 0 aromatic carbocycles. The van der Waals surface area contributed by atoms with Crippen LogP contribution in [0.25, 0.3) is 0 Å². The average Bonchev–Trinajstić information content (AvgIpc) is 2.05. The van der Waals surface area contributed by atoms with Crippen LogP contribution in [-0.2, 0) is 0 Å². The largest absolute Gasteiger partial charge is 0.347 e. The summed E-state index contributed by atoms with van der Waals surface area (Å²) in [5, 5.41) is 0. The molecule has 1 radical (unpaired) electrons. The summed E-state index contributed by atoms with van der Waals surface area (Å²) in [6.45, 7) is 7.01. The lowest BCUT2D eigenvalue weighted by Crippen LogP contribution is -2.34. The molecule has 0 atom stereocenters. The van der Waals surface area contributed by atoms with E-state index in [2.05, 4.69) is 26.0 Å². The second-order valence-corrected chi connectivity index (χ2v) is 3.15. The van der Waals surface area contributed by atoms with Crippen LogP contribution in [0.3, 0.4) is 0 Å². The van der Waals surface area contributed by atoms with Crippen molar-refractivity contribution in [2.24, 2.45) is 5.92 Å². The monoisotopic (exact) mass is 138 g/mol. The van der Waals surface area contributed by atoms with Crippen LogP contribution in [0, 0.1) is 5.92 Å². The molecule has 1 rings (SSSR count). The number of piperidine rings is 1. The van der Waals surface area contributed by atoms with Gasteiger partial charge in [-0.3, -0.25) is 0 Å². The minimum Gasteiger partial charge on any atom is -0.347 e. The second kappa shape index (κ2) is 4.02. The maximum atomic E-state index is 2.42. The van der Waals surface area contributed by atoms with Crippen LogP contribution < -0.4 is 0 Å². The van der Waals surface area contributed by atoms with E-state index in [0.29, 0.717) is 0 Å². The lowest BCUT2D eigenvalue weighted by molar-refractivity contribution is 0.274. The zero-order valence-electron chi connectivity index (χ0n) is 7.14. The zero-order valence-corrected chi connectivity index (χ0v) is 7.14. The first-order valence-electron chi connectivity index (χ1n) is 4.40. The van der Waals surface area contributed by atoms with Gasteiger partial charge in [0.2, 0.25) is 7.41 Å². The molecule has 0 bridgehead atoms. The van der Waals surface area contributed by atoms with Gasteiger partial charge in [-0.15, -0.1) is 0 Å². The van der Waals surface area contributed by atoms with Crippen molar-refractivity contribution in [2.75, 3.05) is 13.1 Å². The standard InChI is InChI=1S/C8H17BN/c1-3-8-4-6-10(9-2)7-5-8/h8H,3-7H2,1-2H3. The van der Waals surface area contributed by atoms with E-state index in [4.69, 9.17) is 0 Å². The maximum Gasteiger partial charge on any atom is 0.205 e. The van der Waals surface area contributed by atoms with Gasteiger partial charge in [0.05, 0.1) is 0 Å². The van der Waals surface area contributed by atoms with Gasteiger partial charge in [-0.05, 0) is 31.8 Å². The predicted octanol–water partition coefficient (Wildman–Crippen LogP) is 1.78. The maximum absolute atomic E-state index is 2.42. The fourth-order valence-corrected chi connectivity index (χ4v) is 1.62. The Morgan fingerprint density at radius 3 is 2.40 bits per heavy atom. The van der Waals surface area contributed by atoms with Crippen molar-refractivity contribution in [2.45, 2.75) is 33.0 Å². The summed E-state index contributed by atoms with van der Waals surface area (Å²) in [6, 6.07) is 0. The van der Waals surface area contributed by atoms with Gasteiger partial charge in [-0.25, -0.2) is 0 Å². The predicted molar refractivity (Wildman–Crippen MR) is 46.2 cm³/mol. The van der Waals surface area contributed by atoms with Crippen molar-refractivity contribution in [3.05, 3.63) is 0 Å². The van der Waals surface area contributed by atoms with Crippen LogP contribution in [0.4, 0.5) is 0 Å². The molecule has 0 aliphatic carbocycles. The van der Waals surface area contributed by atoms with Gasteiger partial charge < -0.3 is 4.81 Å². The van der Waals surface area contributed by atoms with Crippen LogP contribution in [0.1, 0.15) is 26.2 Å². The minimum atomic E-state index is 1.01. The second-order valence-electron chi connectivity index (χ2n) is 3.15. The smallest absolute Gasteiger partial charge is 0.205 e. The summed E-state index contributed by atoms with van der Waals surface area (Å²) in [6.07, 6.45) is 4.18. The van der Waals surface area contributed by atoms with Crippen LogP contribution >= 0.6 is 0 Å². The zero-order chi connectivity index (χ0) is 7.40. The van der Waals surface area contributed by atoms with E-state index in [1.165, 1.54) is 32.4 Å². The van der Waals surface area contributed by atoms with Crippen molar-refractivity contribution in [1.29, 1.82) is 0 Å². The molecule has 0 aromatic rings. The number of hydrogen-bond donors (Lipinski definition) is 0. The Labute approximate surface area is 65.1 Å². The molecule has 0 N–H and O–H groups in total. The third kappa shape index (κ3) is 2.01. The molecule has 2 heteroatoms. The van der Waals surface area contributed by atoms with Crippen molar-refractivity contribution in [3.63, 3.8) is 0 Å². The van der Waals surface area contributed by atoms with Crippen LogP contribution in [0.2, 0.25) is 6.82 Å². The highest BCUT2D eigenvalue weighted by molar-refractivity contribution is 6.29. The molecule has 57 valence electrons. The van der Waals surface area contributed by atoms with Gasteiger partial charge in [0.15, 0.2) is 0 Å². The lowest BCUT2D eigenvalue weighted by Gasteiger charge is -2.30. The molecule has 0 aromatic heterocycles. The van der Waals surface area contributed by atoms with E-state index in [-0.39, 0.29) is 0 Å². The third-order valence-corrected chi connectivity index (χ3v) is 2.59. The number of hydrogen-bond acceptors (Lipinski definition) is 1. The van der Waals surface area contributed by atoms with Gasteiger partial charge in [0.25, 0.3) is 0 Å². The van der Waals surface area contributed by atoms with Gasteiger partial charge in [0, 0.05) is 0 Å². The normalized spacial score (nSPS) is 23.0. The molecule has 0 amide bonds. The van der Waals surface area contributed by atoms with Gasteiger partial charge >= 0.3 is 0 Å². The molecule has 1 heterocycles. The Balaban J connectivity index is 2.17. The molecule has 1 nitrogen and oxygen atoms in total. The summed E-state index contributed by atoms with van der Waals surface area (Å²) >= 11 is 0. The highest BCUT2D eigenvalue weighted by Gasteiger charge is 2.15. The third-order valence-electron chi connectivity index (χ3n) is 2.59. The molecule has 0 saturated carbocycles. The highest BCUT2D eigenvalue weighted by Crippen LogP contribution is 2.18. The molecule has 1 fully saturated rings. The first kappa shape index (κ1) is 8.12. The molecule has 1 aliphatic rings. The van der Waals surface area contributed by atoms with Crippen molar-refractivity contribution in [3.8, 4) is 0 Å². The first-order valence-corrected chi connectivity index (χ1v) is 4.40. The molecule has 1 aliphatic heterocycles. The van der Waals surface area contributed by atoms with Crippen LogP contribution in [-0.4, -0.2) is 25.3 Å². The number of rotatable bonds is 2. The Hall–Kier alpha value is 0.0249. The van der Waals surface area contributed by atoms with Gasteiger partial charge in [-0.1, -0.05) is 20.2 Å². The molecular weight excluding hydrogens is 121 g/mol. The quantitative estimate of drug-likeness (QED) is 0.525. The summed E-state index contributed by atoms with van der Waals surface area (Å²) in [4.78, 5) is 2.42. The molecular formula is C8H17BN. The lowest BCUT2D eigenvalue weighted by atomic mass is 9.87. The van der Waals surface area contributed by atoms with Crippen molar-refractivity contribution in [1.82, 2.24) is 4.81 Å². The van der Waals surface area contributed by atoms with Crippen molar-refractivity contribution >= 4 is 7.41 Å². The minimum absolute atomic E-state index is 1.01. The van der Waals surface area contributed by atoms with Crippen LogP contribution in [0.5, 0.6) is 0 Å². The molecule has 0 unspecified atom stereocenters. The van der Waals surface area contributed by atoms with Crippen molar-refractivity contribution < 1.29 is 0 Å². The Kier molecular flexibility index (Phi) is 3.27.